The number of carbonyl (C=O) groups is 2. The molecule has 4 N–H and O–H groups in total. The summed E-state index contributed by atoms with van der Waals surface area (Å²) in [7, 11) is 0. The molecule has 1 atom stereocenters. The van der Waals surface area contributed by atoms with E-state index in [-0.39, 0.29) is 30.9 Å². The second kappa shape index (κ2) is 8.55. The van der Waals surface area contributed by atoms with Gasteiger partial charge in [-0.3, -0.25) is 9.59 Å². The van der Waals surface area contributed by atoms with E-state index in [0.717, 1.165) is 12.2 Å². The summed E-state index contributed by atoms with van der Waals surface area (Å²) in [5, 5.41) is 5.20. The smallest absolute Gasteiger partial charge is 0.239 e. The van der Waals surface area contributed by atoms with E-state index in [1.54, 1.807) is 11.8 Å². The second-order valence-electron chi connectivity index (χ2n) is 3.23. The van der Waals surface area contributed by atoms with E-state index in [2.05, 4.69) is 10.6 Å². The fourth-order valence-electron chi connectivity index (χ4n) is 0.944. The Kier molecular flexibility index (Phi) is 8.12. The number of amides is 2. The van der Waals surface area contributed by atoms with Crippen LogP contribution in [0.25, 0.3) is 0 Å². The molecular formula is C9H19N3O2S. The van der Waals surface area contributed by atoms with Gasteiger partial charge in [0.1, 0.15) is 0 Å². The maximum atomic E-state index is 11.3. The lowest BCUT2D eigenvalue weighted by Crippen LogP contribution is -2.42. The van der Waals surface area contributed by atoms with Crippen LogP contribution in [0.2, 0.25) is 0 Å². The van der Waals surface area contributed by atoms with Gasteiger partial charge in [0.25, 0.3) is 0 Å². The summed E-state index contributed by atoms with van der Waals surface area (Å²) >= 11 is 1.74. The van der Waals surface area contributed by atoms with Crippen molar-refractivity contribution in [1.29, 1.82) is 0 Å². The van der Waals surface area contributed by atoms with Crippen molar-refractivity contribution < 1.29 is 9.59 Å². The molecule has 0 saturated carbocycles. The van der Waals surface area contributed by atoms with E-state index in [0.29, 0.717) is 0 Å². The van der Waals surface area contributed by atoms with Crippen molar-refractivity contribution in [3.63, 3.8) is 0 Å². The third-order valence-corrected chi connectivity index (χ3v) is 2.44. The lowest BCUT2D eigenvalue weighted by molar-refractivity contribution is -0.125. The first-order chi connectivity index (χ1) is 7.10. The van der Waals surface area contributed by atoms with Crippen molar-refractivity contribution in [3.05, 3.63) is 0 Å². The highest BCUT2D eigenvalue weighted by atomic mass is 32.2. The van der Waals surface area contributed by atoms with E-state index in [1.807, 2.05) is 13.2 Å². The first kappa shape index (κ1) is 14.2. The van der Waals surface area contributed by atoms with Gasteiger partial charge in [0.2, 0.25) is 11.8 Å². The zero-order chi connectivity index (χ0) is 11.7. The highest BCUT2D eigenvalue weighted by Crippen LogP contribution is 1.99. The third-order valence-electron chi connectivity index (χ3n) is 1.79. The van der Waals surface area contributed by atoms with E-state index in [1.165, 1.54) is 0 Å². The van der Waals surface area contributed by atoms with Gasteiger partial charge < -0.3 is 16.4 Å². The van der Waals surface area contributed by atoms with Gasteiger partial charge in [0.05, 0.1) is 13.1 Å². The van der Waals surface area contributed by atoms with Gasteiger partial charge in [-0.15, -0.1) is 0 Å². The molecule has 0 aromatic rings. The van der Waals surface area contributed by atoms with Gasteiger partial charge in [-0.25, -0.2) is 0 Å². The molecule has 0 aliphatic carbocycles. The predicted molar refractivity (Wildman–Crippen MR) is 62.7 cm³/mol. The molecule has 0 aliphatic heterocycles. The van der Waals surface area contributed by atoms with Crippen molar-refractivity contribution in [2.24, 2.45) is 5.73 Å². The molecule has 0 bridgehead atoms. The Morgan fingerprint density at radius 3 is 2.60 bits per heavy atom. The third kappa shape index (κ3) is 8.26. The lowest BCUT2D eigenvalue weighted by atomic mass is 10.2. The molecule has 15 heavy (non-hydrogen) atoms. The van der Waals surface area contributed by atoms with Crippen LogP contribution in [0.3, 0.4) is 0 Å². The quantitative estimate of drug-likeness (QED) is 0.544. The summed E-state index contributed by atoms with van der Waals surface area (Å²) < 4.78 is 0. The average Bonchev–Trinajstić information content (AvgIpc) is 2.22. The fraction of sp³-hybridized carbons (Fsp3) is 0.778. The van der Waals surface area contributed by atoms with Crippen LogP contribution >= 0.6 is 11.8 Å². The van der Waals surface area contributed by atoms with Crippen molar-refractivity contribution in [1.82, 2.24) is 10.6 Å². The largest absolute Gasteiger partial charge is 0.352 e. The van der Waals surface area contributed by atoms with E-state index in [4.69, 9.17) is 5.73 Å². The van der Waals surface area contributed by atoms with Crippen molar-refractivity contribution >= 4 is 23.6 Å². The van der Waals surface area contributed by atoms with Gasteiger partial charge in [-0.1, -0.05) is 0 Å². The first-order valence-corrected chi connectivity index (χ1v) is 6.24. The standard InChI is InChI=1S/C9H19N3O2S/c1-7(3-4-15-2)12-9(14)6-11-8(13)5-10/h7H,3-6,10H2,1-2H3,(H,11,13)(H,12,14). The van der Waals surface area contributed by atoms with Gasteiger partial charge in [-0.05, 0) is 25.4 Å². The Morgan fingerprint density at radius 1 is 1.40 bits per heavy atom. The molecule has 0 rings (SSSR count). The second-order valence-corrected chi connectivity index (χ2v) is 4.22. The van der Waals surface area contributed by atoms with Crippen molar-refractivity contribution in [2.45, 2.75) is 19.4 Å². The number of hydrogen-bond donors (Lipinski definition) is 3. The number of thioether (sulfide) groups is 1. The highest BCUT2D eigenvalue weighted by molar-refractivity contribution is 7.98. The van der Waals surface area contributed by atoms with E-state index in [9.17, 15) is 9.59 Å². The zero-order valence-corrected chi connectivity index (χ0v) is 10.0. The van der Waals surface area contributed by atoms with Crippen LogP contribution in [-0.4, -0.2) is 43.0 Å². The first-order valence-electron chi connectivity index (χ1n) is 4.85. The molecule has 0 fully saturated rings. The van der Waals surface area contributed by atoms with Gasteiger partial charge in [-0.2, -0.15) is 11.8 Å². The summed E-state index contributed by atoms with van der Waals surface area (Å²) in [6, 6.07) is 0.139. The minimum absolute atomic E-state index is 0.000356. The molecule has 0 spiro atoms. The minimum Gasteiger partial charge on any atom is -0.352 e. The number of nitrogens with one attached hydrogen (secondary N) is 2. The predicted octanol–water partition coefficient (Wildman–Crippen LogP) is -0.681. The molecule has 1 unspecified atom stereocenters. The highest BCUT2D eigenvalue weighted by Gasteiger charge is 2.07. The zero-order valence-electron chi connectivity index (χ0n) is 9.21. The molecular weight excluding hydrogens is 214 g/mol. The van der Waals surface area contributed by atoms with Crippen LogP contribution in [0.1, 0.15) is 13.3 Å². The Bertz CT molecular complexity index is 212. The Labute approximate surface area is 94.5 Å². The van der Waals surface area contributed by atoms with Crippen LogP contribution in [0, 0.1) is 0 Å². The SMILES string of the molecule is CSCCC(C)NC(=O)CNC(=O)CN. The number of rotatable bonds is 7. The molecule has 2 amide bonds. The van der Waals surface area contributed by atoms with Gasteiger partial charge >= 0.3 is 0 Å². The number of carbonyl (C=O) groups excluding carboxylic acids is 2. The topological polar surface area (TPSA) is 84.2 Å². The molecule has 0 heterocycles. The molecule has 5 nitrogen and oxygen atoms in total. The van der Waals surface area contributed by atoms with Crippen LogP contribution in [0.5, 0.6) is 0 Å². The molecule has 0 aromatic heterocycles. The Balaban J connectivity index is 3.59. The van der Waals surface area contributed by atoms with Crippen molar-refractivity contribution in [3.8, 4) is 0 Å². The molecule has 88 valence electrons. The average molecular weight is 233 g/mol. The summed E-state index contributed by atoms with van der Waals surface area (Å²) in [6.45, 7) is 1.85. The monoisotopic (exact) mass is 233 g/mol. The van der Waals surface area contributed by atoms with Crippen molar-refractivity contribution in [2.75, 3.05) is 25.1 Å². The van der Waals surface area contributed by atoms with Crippen LogP contribution in [0.15, 0.2) is 0 Å². The maximum Gasteiger partial charge on any atom is 0.239 e. The lowest BCUT2D eigenvalue weighted by Gasteiger charge is -2.13. The van der Waals surface area contributed by atoms with Crippen LogP contribution in [-0.2, 0) is 9.59 Å². The fourth-order valence-corrected chi connectivity index (χ4v) is 1.53. The van der Waals surface area contributed by atoms with E-state index < -0.39 is 0 Å². The molecule has 0 aromatic carbocycles. The normalized spacial score (nSPS) is 11.9. The molecule has 0 saturated heterocycles. The maximum absolute atomic E-state index is 11.3. The molecule has 0 aliphatic rings. The minimum atomic E-state index is -0.318. The molecule has 0 radical (unpaired) electrons. The number of hydrogen-bond acceptors (Lipinski definition) is 4. The van der Waals surface area contributed by atoms with E-state index >= 15 is 0 Å². The van der Waals surface area contributed by atoms with Gasteiger partial charge in [0.15, 0.2) is 0 Å². The summed E-state index contributed by atoms with van der Waals surface area (Å²) in [6.07, 6.45) is 2.95. The summed E-state index contributed by atoms with van der Waals surface area (Å²) in [4.78, 5) is 22.0. The number of nitrogens with two attached hydrogens (primary N) is 1. The Morgan fingerprint density at radius 2 is 2.07 bits per heavy atom. The van der Waals surface area contributed by atoms with Crippen LogP contribution in [0.4, 0.5) is 0 Å². The summed E-state index contributed by atoms with van der Waals surface area (Å²) in [5.74, 6) is 0.517. The van der Waals surface area contributed by atoms with Crippen LogP contribution < -0.4 is 16.4 Å². The molecule has 6 heteroatoms. The summed E-state index contributed by atoms with van der Waals surface area (Å²) in [5.41, 5.74) is 5.08. The Hall–Kier alpha value is -0.750. The van der Waals surface area contributed by atoms with Gasteiger partial charge in [0, 0.05) is 6.04 Å².